The first-order chi connectivity index (χ1) is 11.0. The van der Waals surface area contributed by atoms with Crippen molar-refractivity contribution in [3.63, 3.8) is 0 Å². The van der Waals surface area contributed by atoms with Crippen molar-refractivity contribution >= 4 is 11.6 Å². The van der Waals surface area contributed by atoms with E-state index in [1.54, 1.807) is 24.4 Å². The van der Waals surface area contributed by atoms with E-state index >= 15 is 0 Å². The van der Waals surface area contributed by atoms with Gasteiger partial charge in [0.1, 0.15) is 11.5 Å². The molecule has 1 aliphatic rings. The average Bonchev–Trinajstić information content (AvgIpc) is 2.89. The molecule has 1 aromatic heterocycles. The molecule has 2 N–H and O–H groups in total. The van der Waals surface area contributed by atoms with E-state index < -0.39 is 5.54 Å². The fourth-order valence-electron chi connectivity index (χ4n) is 2.91. The van der Waals surface area contributed by atoms with Crippen LogP contribution in [0.25, 0.3) is 5.69 Å². The summed E-state index contributed by atoms with van der Waals surface area (Å²) in [5.74, 6) is -0.425. The maximum Gasteiger partial charge on any atom is 0.244 e. The summed E-state index contributed by atoms with van der Waals surface area (Å²) >= 11 is 0. The molecule has 2 heterocycles. The number of piperidine rings is 1. The summed E-state index contributed by atoms with van der Waals surface area (Å²) in [4.78, 5) is 12.6. The number of halogens is 1. The van der Waals surface area contributed by atoms with Crippen LogP contribution in [0.15, 0.2) is 30.5 Å². The Hall–Kier alpha value is -2.21. The lowest BCUT2D eigenvalue weighted by Gasteiger charge is -2.33. The highest BCUT2D eigenvalue weighted by atomic mass is 19.1. The van der Waals surface area contributed by atoms with Gasteiger partial charge in [-0.1, -0.05) is 12.1 Å². The van der Waals surface area contributed by atoms with E-state index in [0.717, 1.165) is 25.8 Å². The highest BCUT2D eigenvalue weighted by Crippen LogP contribution is 2.24. The number of hydrogen-bond acceptors (Lipinski definition) is 3. The van der Waals surface area contributed by atoms with Crippen LogP contribution in [0.4, 0.5) is 10.1 Å². The molecular formula is C17H21FN4O. The van der Waals surface area contributed by atoms with E-state index in [1.165, 1.54) is 10.7 Å². The fourth-order valence-corrected chi connectivity index (χ4v) is 2.91. The van der Waals surface area contributed by atoms with E-state index in [2.05, 4.69) is 15.7 Å². The monoisotopic (exact) mass is 316 g/mol. The van der Waals surface area contributed by atoms with Gasteiger partial charge in [0.05, 0.1) is 23.1 Å². The van der Waals surface area contributed by atoms with Gasteiger partial charge in [-0.15, -0.1) is 0 Å². The molecule has 1 fully saturated rings. The molecule has 1 atom stereocenters. The molecule has 1 aromatic carbocycles. The van der Waals surface area contributed by atoms with Crippen LogP contribution >= 0.6 is 0 Å². The first kappa shape index (κ1) is 15.7. The number of benzene rings is 1. The van der Waals surface area contributed by atoms with Gasteiger partial charge < -0.3 is 10.6 Å². The number of carbonyl (C=O) groups is 1. The van der Waals surface area contributed by atoms with Gasteiger partial charge in [0.2, 0.25) is 5.91 Å². The van der Waals surface area contributed by atoms with Crippen LogP contribution in [0.5, 0.6) is 0 Å². The lowest BCUT2D eigenvalue weighted by Crippen LogP contribution is -2.54. The highest BCUT2D eigenvalue weighted by molar-refractivity contribution is 5.98. The first-order valence-electron chi connectivity index (χ1n) is 7.87. The van der Waals surface area contributed by atoms with Crippen LogP contribution in [0.1, 0.15) is 31.9 Å². The lowest BCUT2D eigenvalue weighted by atomic mass is 9.90. The topological polar surface area (TPSA) is 59.0 Å². The number of aromatic nitrogens is 2. The highest BCUT2D eigenvalue weighted by Gasteiger charge is 2.34. The van der Waals surface area contributed by atoms with Gasteiger partial charge in [-0.05, 0) is 51.8 Å². The van der Waals surface area contributed by atoms with Crippen LogP contribution in [0.2, 0.25) is 0 Å². The van der Waals surface area contributed by atoms with Crippen LogP contribution < -0.4 is 10.6 Å². The lowest BCUT2D eigenvalue weighted by molar-refractivity contribution is -0.122. The zero-order chi connectivity index (χ0) is 16.4. The van der Waals surface area contributed by atoms with Crippen molar-refractivity contribution in [2.75, 3.05) is 11.9 Å². The Kier molecular flexibility index (Phi) is 4.17. The van der Waals surface area contributed by atoms with E-state index in [1.807, 2.05) is 13.8 Å². The Bertz CT molecular complexity index is 719. The fraction of sp³-hybridized carbons (Fsp3) is 0.412. The molecule has 1 unspecified atom stereocenters. The number of nitrogens with one attached hydrogen (secondary N) is 2. The normalized spacial score (nSPS) is 21.2. The van der Waals surface area contributed by atoms with Crippen LogP contribution in [-0.4, -0.2) is 27.8 Å². The number of carbonyl (C=O) groups excluding carboxylic acids is 1. The minimum absolute atomic E-state index is 0.0756. The summed E-state index contributed by atoms with van der Waals surface area (Å²) in [6, 6.07) is 6.44. The van der Waals surface area contributed by atoms with Crippen molar-refractivity contribution in [2.45, 2.75) is 38.6 Å². The molecule has 0 bridgehead atoms. The minimum atomic E-state index is -0.565. The summed E-state index contributed by atoms with van der Waals surface area (Å²) in [5, 5.41) is 10.4. The number of hydrogen-bond donors (Lipinski definition) is 2. The molecule has 0 spiro atoms. The van der Waals surface area contributed by atoms with Crippen LogP contribution in [-0.2, 0) is 4.79 Å². The predicted molar refractivity (Wildman–Crippen MR) is 87.1 cm³/mol. The SMILES string of the molecule is Cc1c(NC(=O)C2(C)CCCCN2)cnn1-c1ccccc1F. The third kappa shape index (κ3) is 2.99. The summed E-state index contributed by atoms with van der Waals surface area (Å²) in [6.07, 6.45) is 4.49. The quantitative estimate of drug-likeness (QED) is 0.915. The first-order valence-corrected chi connectivity index (χ1v) is 7.87. The molecule has 1 saturated heterocycles. The van der Waals surface area contributed by atoms with Gasteiger partial charge in [0.25, 0.3) is 0 Å². The number of nitrogens with zero attached hydrogens (tertiary/aromatic N) is 2. The molecule has 5 nitrogen and oxygen atoms in total. The average molecular weight is 316 g/mol. The van der Waals surface area contributed by atoms with Crippen LogP contribution in [0, 0.1) is 12.7 Å². The summed E-state index contributed by atoms with van der Waals surface area (Å²) < 4.78 is 15.4. The van der Waals surface area contributed by atoms with Gasteiger partial charge in [-0.25, -0.2) is 9.07 Å². The molecule has 2 aromatic rings. The smallest absolute Gasteiger partial charge is 0.244 e. The molecule has 122 valence electrons. The molecule has 6 heteroatoms. The van der Waals surface area contributed by atoms with Gasteiger partial charge in [0.15, 0.2) is 0 Å². The minimum Gasteiger partial charge on any atom is -0.322 e. The van der Waals surface area contributed by atoms with Crippen molar-refractivity contribution in [3.8, 4) is 5.69 Å². The zero-order valence-electron chi connectivity index (χ0n) is 13.4. The summed E-state index contributed by atoms with van der Waals surface area (Å²) in [7, 11) is 0. The largest absolute Gasteiger partial charge is 0.322 e. The predicted octanol–water partition coefficient (Wildman–Crippen LogP) is 2.79. The van der Waals surface area contributed by atoms with Gasteiger partial charge in [-0.2, -0.15) is 5.10 Å². The van der Waals surface area contributed by atoms with Crippen molar-refractivity contribution < 1.29 is 9.18 Å². The molecule has 0 radical (unpaired) electrons. The third-order valence-corrected chi connectivity index (χ3v) is 4.46. The van der Waals surface area contributed by atoms with E-state index in [0.29, 0.717) is 17.1 Å². The molecule has 0 aliphatic carbocycles. The second-order valence-electron chi connectivity index (χ2n) is 6.18. The Morgan fingerprint density at radius 2 is 2.17 bits per heavy atom. The Balaban J connectivity index is 1.83. The van der Waals surface area contributed by atoms with Crippen LogP contribution in [0.3, 0.4) is 0 Å². The van der Waals surface area contributed by atoms with Crippen molar-refractivity contribution in [2.24, 2.45) is 0 Å². The van der Waals surface area contributed by atoms with Gasteiger partial charge >= 0.3 is 0 Å². The number of anilines is 1. The second kappa shape index (κ2) is 6.12. The Labute approximate surface area is 134 Å². The molecule has 23 heavy (non-hydrogen) atoms. The van der Waals surface area contributed by atoms with Crippen molar-refractivity contribution in [1.82, 2.24) is 15.1 Å². The van der Waals surface area contributed by atoms with E-state index in [-0.39, 0.29) is 11.7 Å². The van der Waals surface area contributed by atoms with Crippen molar-refractivity contribution in [1.29, 1.82) is 0 Å². The standard InChI is InChI=1S/C17H21FN4O/c1-12-14(21-16(23)17(2)9-5-6-10-19-17)11-20-22(12)15-8-4-3-7-13(15)18/h3-4,7-8,11,19H,5-6,9-10H2,1-2H3,(H,21,23). The molecular weight excluding hydrogens is 295 g/mol. The number of rotatable bonds is 3. The van der Waals surface area contributed by atoms with Gasteiger partial charge in [-0.3, -0.25) is 4.79 Å². The van der Waals surface area contributed by atoms with Crippen molar-refractivity contribution in [3.05, 3.63) is 42.0 Å². The second-order valence-corrected chi connectivity index (χ2v) is 6.18. The third-order valence-electron chi connectivity index (χ3n) is 4.46. The van der Waals surface area contributed by atoms with E-state index in [9.17, 15) is 9.18 Å². The maximum absolute atomic E-state index is 13.9. The van der Waals surface area contributed by atoms with Gasteiger partial charge in [0, 0.05) is 0 Å². The molecule has 0 saturated carbocycles. The maximum atomic E-state index is 13.9. The summed E-state index contributed by atoms with van der Waals surface area (Å²) in [6.45, 7) is 4.57. The van der Waals surface area contributed by atoms with E-state index in [4.69, 9.17) is 0 Å². The Morgan fingerprint density at radius 1 is 1.39 bits per heavy atom. The zero-order valence-corrected chi connectivity index (χ0v) is 13.4. The summed E-state index contributed by atoms with van der Waals surface area (Å²) in [5.41, 5.74) is 1.10. The molecule has 1 aliphatic heterocycles. The Morgan fingerprint density at radius 3 is 2.87 bits per heavy atom. The number of amides is 1. The molecule has 1 amide bonds. The number of para-hydroxylation sites is 1. The molecule has 3 rings (SSSR count).